The van der Waals surface area contributed by atoms with Crippen LogP contribution in [0.2, 0.25) is 0 Å². The topological polar surface area (TPSA) is 54.0 Å². The maximum Gasteiger partial charge on any atom is 0.311 e. The summed E-state index contributed by atoms with van der Waals surface area (Å²) < 4.78 is 11.7. The number of fused-ring (bicyclic) bond motifs is 2. The van der Waals surface area contributed by atoms with Crippen LogP contribution in [0.1, 0.15) is 46.5 Å². The van der Waals surface area contributed by atoms with E-state index in [0.29, 0.717) is 18.4 Å². The van der Waals surface area contributed by atoms with Crippen molar-refractivity contribution in [1.82, 2.24) is 0 Å². The van der Waals surface area contributed by atoms with E-state index in [0.717, 1.165) is 25.7 Å². The first kappa shape index (κ1) is 14.0. The monoisotopic (exact) mass is 296 g/mol. The van der Waals surface area contributed by atoms with Gasteiger partial charge in [-0.2, -0.15) is 0 Å². The zero-order valence-electron chi connectivity index (χ0n) is 13.0. The number of hydrogen-bond acceptors (Lipinski definition) is 5. The molecule has 0 radical (unpaired) electrons. The number of carbonyl (C=O) groups excluding carboxylic acids is 1. The molecule has 3 heterocycles. The fraction of sp³-hybridized carbons (Fsp3) is 0.938. The highest BCUT2D eigenvalue weighted by molar-refractivity contribution is 5.73. The molecule has 21 heavy (non-hydrogen) atoms. The fourth-order valence-electron chi connectivity index (χ4n) is 5.08. The van der Waals surface area contributed by atoms with E-state index in [1.54, 1.807) is 0 Å². The standard InChI is InChI=1S/C16H24O5/c1-9-4-5-11-10(2)13(17)19-14-12(11)16(9)7-6-15(3,20-14)21-18-8-16/h9-12,14H,4-8H2,1-3H3/t9-,10-,11?,12?,14-,15+,16?/m1/s1. The van der Waals surface area contributed by atoms with E-state index in [2.05, 4.69) is 6.92 Å². The molecular weight excluding hydrogens is 272 g/mol. The Morgan fingerprint density at radius 2 is 2.00 bits per heavy atom. The molecular formula is C16H24O5. The molecule has 3 saturated heterocycles. The second kappa shape index (κ2) is 4.43. The van der Waals surface area contributed by atoms with Gasteiger partial charge in [0.1, 0.15) is 0 Å². The van der Waals surface area contributed by atoms with Gasteiger partial charge in [0.2, 0.25) is 12.1 Å². The Kier molecular flexibility index (Phi) is 2.95. The average molecular weight is 296 g/mol. The molecule has 5 nitrogen and oxygen atoms in total. The normalized spacial score (nSPS) is 56.1. The van der Waals surface area contributed by atoms with Gasteiger partial charge in [0.25, 0.3) is 0 Å². The molecule has 3 aliphatic heterocycles. The van der Waals surface area contributed by atoms with Gasteiger partial charge in [-0.3, -0.25) is 4.79 Å². The summed E-state index contributed by atoms with van der Waals surface area (Å²) in [7, 11) is 0. The highest BCUT2D eigenvalue weighted by Gasteiger charge is 2.63. The van der Waals surface area contributed by atoms with E-state index in [1.165, 1.54) is 0 Å². The lowest BCUT2D eigenvalue weighted by atomic mass is 9.53. The Hall–Kier alpha value is -0.650. The van der Waals surface area contributed by atoms with Crippen molar-refractivity contribution in [3.8, 4) is 0 Å². The summed E-state index contributed by atoms with van der Waals surface area (Å²) in [5.41, 5.74) is -0.00317. The summed E-state index contributed by atoms with van der Waals surface area (Å²) >= 11 is 0. The van der Waals surface area contributed by atoms with E-state index >= 15 is 0 Å². The predicted octanol–water partition coefficient (Wildman–Crippen LogP) is 2.64. The van der Waals surface area contributed by atoms with Crippen LogP contribution in [0.15, 0.2) is 0 Å². The highest BCUT2D eigenvalue weighted by Crippen LogP contribution is 2.60. The van der Waals surface area contributed by atoms with Crippen LogP contribution in [0.3, 0.4) is 0 Å². The maximum absolute atomic E-state index is 12.2. The van der Waals surface area contributed by atoms with Crippen LogP contribution in [0.4, 0.5) is 0 Å². The zero-order valence-corrected chi connectivity index (χ0v) is 13.0. The smallest absolute Gasteiger partial charge is 0.311 e. The Bertz CT molecular complexity index is 466. The van der Waals surface area contributed by atoms with Gasteiger partial charge < -0.3 is 9.47 Å². The Labute approximate surface area is 125 Å². The lowest BCUT2D eigenvalue weighted by molar-refractivity contribution is -0.464. The van der Waals surface area contributed by atoms with Crippen LogP contribution < -0.4 is 0 Å². The van der Waals surface area contributed by atoms with Crippen LogP contribution in [-0.2, 0) is 24.0 Å². The molecule has 118 valence electrons. The molecule has 5 heteroatoms. The second-order valence-electron chi connectivity index (χ2n) is 7.59. The van der Waals surface area contributed by atoms with Crippen LogP contribution in [-0.4, -0.2) is 24.7 Å². The molecule has 0 aromatic carbocycles. The van der Waals surface area contributed by atoms with Crippen molar-refractivity contribution in [3.05, 3.63) is 0 Å². The van der Waals surface area contributed by atoms with Crippen LogP contribution in [0.25, 0.3) is 0 Å². The van der Waals surface area contributed by atoms with Crippen molar-refractivity contribution >= 4 is 5.97 Å². The van der Waals surface area contributed by atoms with Gasteiger partial charge in [0.15, 0.2) is 0 Å². The summed E-state index contributed by atoms with van der Waals surface area (Å²) in [4.78, 5) is 23.2. The van der Waals surface area contributed by atoms with Gasteiger partial charge in [-0.15, -0.1) is 0 Å². The van der Waals surface area contributed by atoms with Crippen molar-refractivity contribution < 1.29 is 24.0 Å². The van der Waals surface area contributed by atoms with Gasteiger partial charge in [0.05, 0.1) is 12.5 Å². The zero-order chi connectivity index (χ0) is 14.8. The minimum atomic E-state index is -0.809. The Balaban J connectivity index is 1.82. The van der Waals surface area contributed by atoms with Crippen LogP contribution >= 0.6 is 0 Å². The van der Waals surface area contributed by atoms with Crippen molar-refractivity contribution in [2.45, 2.75) is 58.5 Å². The van der Waals surface area contributed by atoms with Crippen molar-refractivity contribution in [1.29, 1.82) is 0 Å². The molecule has 0 amide bonds. The molecule has 4 rings (SSSR count). The first-order valence-corrected chi connectivity index (χ1v) is 8.14. The van der Waals surface area contributed by atoms with Crippen molar-refractivity contribution in [2.24, 2.45) is 29.1 Å². The maximum atomic E-state index is 12.2. The third-order valence-electron chi connectivity index (χ3n) is 6.55. The number of rotatable bonds is 0. The summed E-state index contributed by atoms with van der Waals surface area (Å²) in [5, 5.41) is 0. The van der Waals surface area contributed by atoms with Gasteiger partial charge in [-0.25, -0.2) is 9.78 Å². The Morgan fingerprint density at radius 3 is 2.81 bits per heavy atom. The minimum absolute atomic E-state index is 0.00317. The molecule has 3 unspecified atom stereocenters. The largest absolute Gasteiger partial charge is 0.435 e. The minimum Gasteiger partial charge on any atom is -0.435 e. The van der Waals surface area contributed by atoms with E-state index in [1.807, 2.05) is 13.8 Å². The lowest BCUT2D eigenvalue weighted by Gasteiger charge is -2.55. The first-order chi connectivity index (χ1) is 9.95. The van der Waals surface area contributed by atoms with E-state index in [-0.39, 0.29) is 23.2 Å². The molecule has 1 spiro atoms. The van der Waals surface area contributed by atoms with Gasteiger partial charge in [-0.05, 0) is 38.0 Å². The fourth-order valence-corrected chi connectivity index (χ4v) is 5.08. The van der Waals surface area contributed by atoms with Crippen LogP contribution in [0, 0.1) is 29.1 Å². The van der Waals surface area contributed by atoms with E-state index in [9.17, 15) is 4.79 Å². The van der Waals surface area contributed by atoms with Crippen LogP contribution in [0.5, 0.6) is 0 Å². The molecule has 7 atom stereocenters. The molecule has 4 fully saturated rings. The molecule has 1 aliphatic carbocycles. The molecule has 0 N–H and O–H groups in total. The molecule has 0 aromatic heterocycles. The quantitative estimate of drug-likeness (QED) is 0.508. The van der Waals surface area contributed by atoms with Crippen molar-refractivity contribution in [2.75, 3.05) is 6.61 Å². The number of ether oxygens (including phenoxy) is 2. The molecule has 1 saturated carbocycles. The number of carbonyl (C=O) groups is 1. The second-order valence-corrected chi connectivity index (χ2v) is 7.59. The summed E-state index contributed by atoms with van der Waals surface area (Å²) in [6.07, 6.45) is 3.50. The molecule has 2 bridgehead atoms. The third kappa shape index (κ3) is 1.83. The van der Waals surface area contributed by atoms with Gasteiger partial charge in [0, 0.05) is 17.8 Å². The SMILES string of the molecule is C[C@@H]1CCC2C3[C@H](OC(=O)[C@@H]2C)O[C@]2(C)CCC31COO2. The molecule has 4 aliphatic rings. The van der Waals surface area contributed by atoms with Gasteiger partial charge >= 0.3 is 5.97 Å². The summed E-state index contributed by atoms with van der Waals surface area (Å²) in [6.45, 7) is 6.76. The average Bonchev–Trinajstić information content (AvgIpc) is 2.66. The van der Waals surface area contributed by atoms with Gasteiger partial charge in [-0.1, -0.05) is 13.8 Å². The number of esters is 1. The summed E-state index contributed by atoms with van der Waals surface area (Å²) in [6, 6.07) is 0. The van der Waals surface area contributed by atoms with Crippen molar-refractivity contribution in [3.63, 3.8) is 0 Å². The van der Waals surface area contributed by atoms with E-state index < -0.39 is 12.1 Å². The predicted molar refractivity (Wildman–Crippen MR) is 72.6 cm³/mol. The highest BCUT2D eigenvalue weighted by atomic mass is 17.2. The lowest BCUT2D eigenvalue weighted by Crippen LogP contribution is -2.59. The Morgan fingerprint density at radius 1 is 1.19 bits per heavy atom. The van der Waals surface area contributed by atoms with E-state index in [4.69, 9.17) is 19.2 Å². The summed E-state index contributed by atoms with van der Waals surface area (Å²) in [5.74, 6) is 0.0901. The third-order valence-corrected chi connectivity index (χ3v) is 6.55. The first-order valence-electron chi connectivity index (χ1n) is 8.14. The number of hydrogen-bond donors (Lipinski definition) is 0. The molecule has 0 aromatic rings.